The summed E-state index contributed by atoms with van der Waals surface area (Å²) in [6.45, 7) is 4.20. The van der Waals surface area contributed by atoms with Crippen molar-refractivity contribution in [2.45, 2.75) is 20.3 Å². The lowest BCUT2D eigenvalue weighted by Gasteiger charge is -2.07. The Morgan fingerprint density at radius 2 is 1.75 bits per heavy atom. The van der Waals surface area contributed by atoms with Crippen molar-refractivity contribution in [1.82, 2.24) is 30.5 Å². The molecule has 2 N–H and O–H groups in total. The average molecular weight is 372 g/mol. The summed E-state index contributed by atoms with van der Waals surface area (Å²) < 4.78 is 0. The van der Waals surface area contributed by atoms with Gasteiger partial charge in [-0.1, -0.05) is 18.2 Å². The van der Waals surface area contributed by atoms with E-state index in [1.807, 2.05) is 56.6 Å². The van der Waals surface area contributed by atoms with E-state index < -0.39 is 0 Å². The normalized spacial score (nSPS) is 10.9. The van der Waals surface area contributed by atoms with E-state index in [1.165, 1.54) is 0 Å². The van der Waals surface area contributed by atoms with Crippen molar-refractivity contribution in [2.75, 3.05) is 6.54 Å². The number of aromatic nitrogens is 5. The molecule has 2 heterocycles. The monoisotopic (exact) mass is 372 g/mol. The molecule has 0 saturated carbocycles. The van der Waals surface area contributed by atoms with Crippen molar-refractivity contribution in [3.63, 3.8) is 0 Å². The van der Waals surface area contributed by atoms with E-state index in [4.69, 9.17) is 0 Å². The molecule has 0 saturated heterocycles. The second-order valence-corrected chi connectivity index (χ2v) is 6.64. The van der Waals surface area contributed by atoms with Crippen LogP contribution < -0.4 is 5.32 Å². The van der Waals surface area contributed by atoms with Gasteiger partial charge in [-0.15, -0.1) is 0 Å². The van der Waals surface area contributed by atoms with Crippen molar-refractivity contribution < 1.29 is 4.79 Å². The van der Waals surface area contributed by atoms with Crippen LogP contribution in [-0.2, 0) is 6.42 Å². The van der Waals surface area contributed by atoms with Gasteiger partial charge in [0.15, 0.2) is 5.82 Å². The van der Waals surface area contributed by atoms with Crippen LogP contribution in [0.15, 0.2) is 48.8 Å². The quantitative estimate of drug-likeness (QED) is 0.561. The molecule has 0 spiro atoms. The predicted octanol–water partition coefficient (Wildman–Crippen LogP) is 3.00. The Labute approximate surface area is 162 Å². The van der Waals surface area contributed by atoms with Crippen LogP contribution in [0.2, 0.25) is 0 Å². The summed E-state index contributed by atoms with van der Waals surface area (Å²) in [4.78, 5) is 25.2. The molecule has 7 nitrogen and oxygen atoms in total. The summed E-state index contributed by atoms with van der Waals surface area (Å²) in [5.41, 5.74) is 2.65. The Morgan fingerprint density at radius 1 is 1.00 bits per heavy atom. The Morgan fingerprint density at radius 3 is 2.50 bits per heavy atom. The first kappa shape index (κ1) is 17.8. The molecule has 4 rings (SSSR count). The summed E-state index contributed by atoms with van der Waals surface area (Å²) in [7, 11) is 0. The maximum Gasteiger partial charge on any atom is 0.251 e. The van der Waals surface area contributed by atoms with Crippen LogP contribution in [0.1, 0.15) is 27.8 Å². The van der Waals surface area contributed by atoms with Crippen LogP contribution in [0, 0.1) is 13.8 Å². The van der Waals surface area contributed by atoms with Crippen LogP contribution in [0.3, 0.4) is 0 Å². The van der Waals surface area contributed by atoms with Gasteiger partial charge in [0.1, 0.15) is 11.6 Å². The van der Waals surface area contributed by atoms with Gasteiger partial charge in [-0.2, -0.15) is 5.10 Å². The maximum atomic E-state index is 12.4. The Balaban J connectivity index is 1.47. The zero-order valence-electron chi connectivity index (χ0n) is 15.7. The van der Waals surface area contributed by atoms with E-state index in [-0.39, 0.29) is 5.91 Å². The van der Waals surface area contributed by atoms with Gasteiger partial charge in [0.05, 0.1) is 0 Å². The van der Waals surface area contributed by atoms with Gasteiger partial charge >= 0.3 is 0 Å². The van der Waals surface area contributed by atoms with Gasteiger partial charge in [-0.3, -0.25) is 9.89 Å². The fourth-order valence-corrected chi connectivity index (χ4v) is 3.00. The van der Waals surface area contributed by atoms with E-state index in [9.17, 15) is 4.79 Å². The number of hydrogen-bond donors (Lipinski definition) is 2. The number of nitrogens with zero attached hydrogens (tertiary/aromatic N) is 4. The lowest BCUT2D eigenvalue weighted by molar-refractivity contribution is 0.0954. The minimum Gasteiger partial charge on any atom is -0.352 e. The zero-order valence-corrected chi connectivity index (χ0v) is 15.7. The molecule has 0 aliphatic carbocycles. The van der Waals surface area contributed by atoms with E-state index >= 15 is 0 Å². The Hall–Kier alpha value is -3.61. The smallest absolute Gasteiger partial charge is 0.251 e. The number of fused-ring (bicyclic) bond motifs is 1. The van der Waals surface area contributed by atoms with E-state index in [1.54, 1.807) is 0 Å². The average Bonchev–Trinajstić information content (AvgIpc) is 3.12. The first-order valence-electron chi connectivity index (χ1n) is 9.07. The van der Waals surface area contributed by atoms with Crippen LogP contribution in [0.4, 0.5) is 0 Å². The van der Waals surface area contributed by atoms with Gasteiger partial charge in [0.25, 0.3) is 5.91 Å². The number of amides is 1. The summed E-state index contributed by atoms with van der Waals surface area (Å²) in [5, 5.41) is 11.8. The summed E-state index contributed by atoms with van der Waals surface area (Å²) in [5.74, 6) is 2.11. The lowest BCUT2D eigenvalue weighted by atomic mass is 10.0. The molecule has 0 aliphatic rings. The van der Waals surface area contributed by atoms with Crippen LogP contribution in [-0.4, -0.2) is 37.6 Å². The minimum atomic E-state index is -0.106. The SMILES string of the molecule is Cc1ncc(-c2ccc3cc(C(=O)NCCc4n[nH]c(C)n4)ccc3c2)cn1. The van der Waals surface area contributed by atoms with E-state index in [0.29, 0.717) is 24.4 Å². The molecule has 0 fully saturated rings. The van der Waals surface area contributed by atoms with Gasteiger partial charge in [0, 0.05) is 36.5 Å². The molecule has 0 aliphatic heterocycles. The number of hydrogen-bond acceptors (Lipinski definition) is 5. The molecule has 0 unspecified atom stereocenters. The highest BCUT2D eigenvalue weighted by Crippen LogP contribution is 2.24. The maximum absolute atomic E-state index is 12.4. The number of benzene rings is 2. The number of nitrogens with one attached hydrogen (secondary N) is 2. The molecular weight excluding hydrogens is 352 g/mol. The fourth-order valence-electron chi connectivity index (χ4n) is 3.00. The molecule has 0 bridgehead atoms. The third-order valence-electron chi connectivity index (χ3n) is 4.49. The van der Waals surface area contributed by atoms with Crippen molar-refractivity contribution in [3.05, 3.63) is 71.8 Å². The van der Waals surface area contributed by atoms with Crippen molar-refractivity contribution >= 4 is 16.7 Å². The molecule has 0 radical (unpaired) electrons. The van der Waals surface area contributed by atoms with E-state index in [0.717, 1.165) is 33.5 Å². The summed E-state index contributed by atoms with van der Waals surface area (Å²) >= 11 is 0. The highest BCUT2D eigenvalue weighted by atomic mass is 16.1. The summed E-state index contributed by atoms with van der Waals surface area (Å²) in [6, 6.07) is 11.8. The number of aromatic amines is 1. The number of carbonyl (C=O) groups excluding carboxylic acids is 1. The number of H-pyrrole nitrogens is 1. The highest BCUT2D eigenvalue weighted by molar-refractivity contribution is 5.99. The minimum absolute atomic E-state index is 0.106. The molecular formula is C21H20N6O. The Kier molecular flexibility index (Phi) is 4.80. The predicted molar refractivity (Wildman–Crippen MR) is 107 cm³/mol. The third kappa shape index (κ3) is 3.88. The molecule has 28 heavy (non-hydrogen) atoms. The number of rotatable bonds is 5. The molecule has 140 valence electrons. The first-order chi connectivity index (χ1) is 13.6. The fraction of sp³-hybridized carbons (Fsp3) is 0.190. The third-order valence-corrected chi connectivity index (χ3v) is 4.49. The highest BCUT2D eigenvalue weighted by Gasteiger charge is 2.08. The van der Waals surface area contributed by atoms with Crippen molar-refractivity contribution in [1.29, 1.82) is 0 Å². The molecule has 2 aromatic carbocycles. The standard InChI is InChI=1S/C21H20N6O/c1-13-23-11-19(12-24-13)17-4-3-16-10-18(6-5-15(16)9-17)21(28)22-8-7-20-25-14(2)26-27-20/h3-6,9-12H,7-8H2,1-2H3,(H,22,28)(H,25,26,27). The van der Waals surface area contributed by atoms with Crippen LogP contribution in [0.25, 0.3) is 21.9 Å². The second kappa shape index (κ2) is 7.56. The van der Waals surface area contributed by atoms with Crippen molar-refractivity contribution in [3.8, 4) is 11.1 Å². The second-order valence-electron chi connectivity index (χ2n) is 6.64. The first-order valence-corrected chi connectivity index (χ1v) is 9.07. The molecule has 0 atom stereocenters. The van der Waals surface area contributed by atoms with Crippen LogP contribution in [0.5, 0.6) is 0 Å². The molecule has 7 heteroatoms. The lowest BCUT2D eigenvalue weighted by Crippen LogP contribution is -2.25. The number of aryl methyl sites for hydroxylation is 2. The van der Waals surface area contributed by atoms with Gasteiger partial charge in [0.2, 0.25) is 0 Å². The van der Waals surface area contributed by atoms with Crippen LogP contribution >= 0.6 is 0 Å². The molecule has 2 aromatic heterocycles. The van der Waals surface area contributed by atoms with Gasteiger partial charge < -0.3 is 5.32 Å². The summed E-state index contributed by atoms with van der Waals surface area (Å²) in [6.07, 6.45) is 4.23. The zero-order chi connectivity index (χ0) is 19.5. The van der Waals surface area contributed by atoms with Gasteiger partial charge in [-0.25, -0.2) is 15.0 Å². The van der Waals surface area contributed by atoms with Gasteiger partial charge in [-0.05, 0) is 48.4 Å². The Bertz CT molecular complexity index is 1130. The largest absolute Gasteiger partial charge is 0.352 e. The topological polar surface area (TPSA) is 96.5 Å². The molecule has 1 amide bonds. The molecule has 4 aromatic rings. The van der Waals surface area contributed by atoms with E-state index in [2.05, 4.69) is 36.5 Å². The van der Waals surface area contributed by atoms with Crippen molar-refractivity contribution in [2.24, 2.45) is 0 Å². The number of carbonyl (C=O) groups is 1.